The van der Waals surface area contributed by atoms with Gasteiger partial charge in [-0.25, -0.2) is 0 Å². The monoisotopic (exact) mass is 264 g/mol. The van der Waals surface area contributed by atoms with Gasteiger partial charge in [-0.2, -0.15) is 0 Å². The smallest absolute Gasteiger partial charge is 0.258 e. The molecule has 1 aromatic carbocycles. The van der Waals surface area contributed by atoms with E-state index in [1.165, 1.54) is 0 Å². The molecule has 0 aliphatic heterocycles. The summed E-state index contributed by atoms with van der Waals surface area (Å²) in [6, 6.07) is 8.52. The molecule has 0 aromatic heterocycles. The molecular weight excluding hydrogens is 244 g/mol. The fourth-order valence-electron chi connectivity index (χ4n) is 1.57. The van der Waals surface area contributed by atoms with Gasteiger partial charge >= 0.3 is 0 Å². The molecule has 0 saturated heterocycles. The van der Waals surface area contributed by atoms with E-state index in [2.05, 4.69) is 10.6 Å². The highest BCUT2D eigenvalue weighted by molar-refractivity contribution is 5.88. The lowest BCUT2D eigenvalue weighted by molar-refractivity contribution is -0.130. The van der Waals surface area contributed by atoms with Gasteiger partial charge in [-0.3, -0.25) is 9.59 Å². The molecule has 19 heavy (non-hydrogen) atoms. The highest BCUT2D eigenvalue weighted by atomic mass is 16.5. The molecule has 1 aromatic rings. The van der Waals surface area contributed by atoms with Crippen LogP contribution in [0.4, 0.5) is 0 Å². The minimum atomic E-state index is -0.545. The molecule has 0 saturated carbocycles. The SMILES string of the molecule is CNC(=O)C(NC(=O)COc1ccccc1)C(C)C. The predicted octanol–water partition coefficient (Wildman–Crippen LogP) is 0.952. The summed E-state index contributed by atoms with van der Waals surface area (Å²) in [5, 5.41) is 5.19. The lowest BCUT2D eigenvalue weighted by Crippen LogP contribution is -2.50. The predicted molar refractivity (Wildman–Crippen MR) is 72.8 cm³/mol. The van der Waals surface area contributed by atoms with Gasteiger partial charge in [-0.1, -0.05) is 32.0 Å². The fraction of sp³-hybridized carbons (Fsp3) is 0.429. The van der Waals surface area contributed by atoms with E-state index in [1.807, 2.05) is 32.0 Å². The average molecular weight is 264 g/mol. The topological polar surface area (TPSA) is 67.4 Å². The van der Waals surface area contributed by atoms with Crippen molar-refractivity contribution in [2.24, 2.45) is 5.92 Å². The summed E-state index contributed by atoms with van der Waals surface area (Å²) >= 11 is 0. The highest BCUT2D eigenvalue weighted by Gasteiger charge is 2.23. The normalized spacial score (nSPS) is 11.8. The largest absolute Gasteiger partial charge is 0.484 e. The summed E-state index contributed by atoms with van der Waals surface area (Å²) in [5.41, 5.74) is 0. The van der Waals surface area contributed by atoms with Crippen LogP contribution < -0.4 is 15.4 Å². The van der Waals surface area contributed by atoms with E-state index in [9.17, 15) is 9.59 Å². The van der Waals surface area contributed by atoms with E-state index in [4.69, 9.17) is 4.74 Å². The van der Waals surface area contributed by atoms with Gasteiger partial charge in [0, 0.05) is 7.05 Å². The number of ether oxygens (including phenoxy) is 1. The van der Waals surface area contributed by atoms with Gasteiger partial charge < -0.3 is 15.4 Å². The maximum absolute atomic E-state index is 11.7. The van der Waals surface area contributed by atoms with E-state index in [1.54, 1.807) is 19.2 Å². The molecule has 5 nitrogen and oxygen atoms in total. The summed E-state index contributed by atoms with van der Waals surface area (Å²) in [4.78, 5) is 23.3. The van der Waals surface area contributed by atoms with Gasteiger partial charge in [0.15, 0.2) is 6.61 Å². The van der Waals surface area contributed by atoms with Crippen LogP contribution in [-0.4, -0.2) is 31.5 Å². The number of benzene rings is 1. The van der Waals surface area contributed by atoms with Gasteiger partial charge in [0.25, 0.3) is 5.91 Å². The van der Waals surface area contributed by atoms with Gasteiger partial charge in [-0.05, 0) is 18.1 Å². The van der Waals surface area contributed by atoms with Crippen LogP contribution >= 0.6 is 0 Å². The van der Waals surface area contributed by atoms with Crippen LogP contribution in [0.3, 0.4) is 0 Å². The Bertz CT molecular complexity index is 418. The van der Waals surface area contributed by atoms with Crippen LogP contribution in [0, 0.1) is 5.92 Å². The van der Waals surface area contributed by atoms with Crippen molar-refractivity contribution in [2.45, 2.75) is 19.9 Å². The maximum Gasteiger partial charge on any atom is 0.258 e. The summed E-state index contributed by atoms with van der Waals surface area (Å²) in [5.74, 6) is 0.119. The van der Waals surface area contributed by atoms with E-state index >= 15 is 0 Å². The summed E-state index contributed by atoms with van der Waals surface area (Å²) in [6.45, 7) is 3.64. The van der Waals surface area contributed by atoms with Crippen LogP contribution in [0.1, 0.15) is 13.8 Å². The Morgan fingerprint density at radius 3 is 2.37 bits per heavy atom. The summed E-state index contributed by atoms with van der Waals surface area (Å²) < 4.78 is 5.32. The molecule has 0 spiro atoms. The van der Waals surface area contributed by atoms with Crippen molar-refractivity contribution in [3.05, 3.63) is 30.3 Å². The van der Waals surface area contributed by atoms with Gasteiger partial charge in [0.05, 0.1) is 0 Å². The first kappa shape index (κ1) is 15.0. The number of rotatable bonds is 6. The average Bonchev–Trinajstić information content (AvgIpc) is 2.42. The molecule has 0 fully saturated rings. The molecule has 2 amide bonds. The van der Waals surface area contributed by atoms with Crippen molar-refractivity contribution in [3.8, 4) is 5.75 Å². The molecule has 2 N–H and O–H groups in total. The second-order valence-corrected chi connectivity index (χ2v) is 4.51. The standard InChI is InChI=1S/C14H20N2O3/c1-10(2)13(14(18)15-3)16-12(17)9-19-11-7-5-4-6-8-11/h4-8,10,13H,9H2,1-3H3,(H,15,18)(H,16,17). The summed E-state index contributed by atoms with van der Waals surface area (Å²) in [6.07, 6.45) is 0. The van der Waals surface area contributed by atoms with Crippen molar-refractivity contribution in [2.75, 3.05) is 13.7 Å². The zero-order valence-electron chi connectivity index (χ0n) is 11.5. The molecular formula is C14H20N2O3. The third kappa shape index (κ3) is 4.99. The minimum Gasteiger partial charge on any atom is -0.484 e. The molecule has 1 atom stereocenters. The Labute approximate surface area is 113 Å². The third-order valence-corrected chi connectivity index (χ3v) is 2.63. The minimum absolute atomic E-state index is 0.0145. The number of hydrogen-bond acceptors (Lipinski definition) is 3. The van der Waals surface area contributed by atoms with Crippen molar-refractivity contribution in [1.29, 1.82) is 0 Å². The van der Waals surface area contributed by atoms with Crippen molar-refractivity contribution >= 4 is 11.8 Å². The molecule has 104 valence electrons. The highest BCUT2D eigenvalue weighted by Crippen LogP contribution is 2.08. The number of nitrogens with one attached hydrogen (secondary N) is 2. The first-order valence-electron chi connectivity index (χ1n) is 6.23. The van der Waals surface area contributed by atoms with E-state index in [-0.39, 0.29) is 24.3 Å². The van der Waals surface area contributed by atoms with Crippen LogP contribution in [0.15, 0.2) is 30.3 Å². The Balaban J connectivity index is 2.47. The second-order valence-electron chi connectivity index (χ2n) is 4.51. The molecule has 1 rings (SSSR count). The summed E-state index contributed by atoms with van der Waals surface area (Å²) in [7, 11) is 1.55. The first-order chi connectivity index (χ1) is 9.04. The van der Waals surface area contributed by atoms with Crippen molar-refractivity contribution in [3.63, 3.8) is 0 Å². The van der Waals surface area contributed by atoms with E-state index in [0.29, 0.717) is 5.75 Å². The van der Waals surface area contributed by atoms with Crippen LogP contribution in [0.2, 0.25) is 0 Å². The van der Waals surface area contributed by atoms with Crippen LogP contribution in [0.25, 0.3) is 0 Å². The van der Waals surface area contributed by atoms with E-state index in [0.717, 1.165) is 0 Å². The van der Waals surface area contributed by atoms with E-state index < -0.39 is 6.04 Å². The quantitative estimate of drug-likeness (QED) is 0.804. The Hall–Kier alpha value is -2.04. The molecule has 5 heteroatoms. The number of para-hydroxylation sites is 1. The fourth-order valence-corrected chi connectivity index (χ4v) is 1.57. The second kappa shape index (κ2) is 7.41. The molecule has 0 aliphatic rings. The molecule has 0 aliphatic carbocycles. The number of hydrogen-bond donors (Lipinski definition) is 2. The molecule has 0 heterocycles. The zero-order valence-corrected chi connectivity index (χ0v) is 11.5. The molecule has 0 radical (unpaired) electrons. The molecule has 1 unspecified atom stereocenters. The number of likely N-dealkylation sites (N-methyl/N-ethyl adjacent to an activating group) is 1. The lowest BCUT2D eigenvalue weighted by Gasteiger charge is -2.20. The van der Waals surface area contributed by atoms with Gasteiger partial charge in [-0.15, -0.1) is 0 Å². The third-order valence-electron chi connectivity index (χ3n) is 2.63. The number of carbonyl (C=O) groups excluding carboxylic acids is 2. The lowest BCUT2D eigenvalue weighted by atomic mass is 10.0. The van der Waals surface area contributed by atoms with Crippen LogP contribution in [0.5, 0.6) is 5.75 Å². The number of carbonyl (C=O) groups is 2. The maximum atomic E-state index is 11.7. The van der Waals surface area contributed by atoms with Crippen LogP contribution in [-0.2, 0) is 9.59 Å². The Kier molecular flexibility index (Phi) is 5.85. The Morgan fingerprint density at radius 2 is 1.84 bits per heavy atom. The van der Waals surface area contributed by atoms with Crippen molar-refractivity contribution in [1.82, 2.24) is 10.6 Å². The van der Waals surface area contributed by atoms with Gasteiger partial charge in [0.2, 0.25) is 5.91 Å². The van der Waals surface area contributed by atoms with Gasteiger partial charge in [0.1, 0.15) is 11.8 Å². The first-order valence-corrected chi connectivity index (χ1v) is 6.23. The molecule has 0 bridgehead atoms. The van der Waals surface area contributed by atoms with Crippen molar-refractivity contribution < 1.29 is 14.3 Å². The number of amides is 2. The zero-order chi connectivity index (χ0) is 14.3. The Morgan fingerprint density at radius 1 is 1.21 bits per heavy atom.